The third-order valence-corrected chi connectivity index (χ3v) is 6.54. The van der Waals surface area contributed by atoms with E-state index in [0.29, 0.717) is 12.4 Å². The third kappa shape index (κ3) is 2.16. The van der Waals surface area contributed by atoms with Crippen LogP contribution in [0.4, 0.5) is 0 Å². The predicted octanol–water partition coefficient (Wildman–Crippen LogP) is 3.99. The van der Waals surface area contributed by atoms with Crippen molar-refractivity contribution >= 4 is 5.97 Å². The number of methoxy groups -OCH3 is 1. The number of carbonyl (C=O) groups is 1. The molecule has 2 atom stereocenters. The number of esters is 1. The molecule has 134 valence electrons. The van der Waals surface area contributed by atoms with E-state index in [-0.39, 0.29) is 23.2 Å². The molecule has 0 unspecified atom stereocenters. The number of cyclic esters (lactones) is 1. The first-order chi connectivity index (χ1) is 11.9. The van der Waals surface area contributed by atoms with Crippen LogP contribution in [0.5, 0.6) is 11.5 Å². The van der Waals surface area contributed by atoms with Crippen LogP contribution in [-0.2, 0) is 21.4 Å². The predicted molar refractivity (Wildman–Crippen MR) is 95.1 cm³/mol. The summed E-state index contributed by atoms with van der Waals surface area (Å²) in [6.45, 7) is 6.90. The van der Waals surface area contributed by atoms with Gasteiger partial charge in [-0.3, -0.25) is 0 Å². The van der Waals surface area contributed by atoms with E-state index in [4.69, 9.17) is 9.47 Å². The number of hydrogen-bond donors (Lipinski definition) is 1. The summed E-state index contributed by atoms with van der Waals surface area (Å²) in [4.78, 5) is 12.0. The fourth-order valence-electron chi connectivity index (χ4n) is 5.32. The summed E-state index contributed by atoms with van der Waals surface area (Å²) in [5, 5.41) is 10.9. The van der Waals surface area contributed by atoms with E-state index in [1.807, 2.05) is 6.07 Å². The summed E-state index contributed by atoms with van der Waals surface area (Å²) >= 11 is 0. The van der Waals surface area contributed by atoms with Crippen LogP contribution in [0.15, 0.2) is 17.2 Å². The van der Waals surface area contributed by atoms with Crippen molar-refractivity contribution in [2.24, 2.45) is 5.92 Å². The van der Waals surface area contributed by atoms with Crippen molar-refractivity contribution in [1.29, 1.82) is 0 Å². The first kappa shape index (κ1) is 16.5. The Hall–Kier alpha value is -1.97. The molecule has 1 aliphatic heterocycles. The van der Waals surface area contributed by atoms with Crippen LogP contribution in [0.25, 0.3) is 0 Å². The molecule has 0 spiro atoms. The Kier molecular flexibility index (Phi) is 3.64. The van der Waals surface area contributed by atoms with Gasteiger partial charge in [-0.2, -0.15) is 0 Å². The molecule has 4 nitrogen and oxygen atoms in total. The summed E-state index contributed by atoms with van der Waals surface area (Å²) in [5.74, 6) is 1.72. The molecule has 4 rings (SSSR count). The van der Waals surface area contributed by atoms with Gasteiger partial charge in [0, 0.05) is 27.7 Å². The lowest BCUT2D eigenvalue weighted by molar-refractivity contribution is -0.136. The molecule has 25 heavy (non-hydrogen) atoms. The molecule has 4 heteroatoms. The molecule has 1 aromatic rings. The molecule has 1 aromatic carbocycles. The highest BCUT2D eigenvalue weighted by molar-refractivity contribution is 5.92. The van der Waals surface area contributed by atoms with Gasteiger partial charge in [0.05, 0.1) is 7.11 Å². The van der Waals surface area contributed by atoms with Crippen molar-refractivity contribution in [2.75, 3.05) is 13.7 Å². The van der Waals surface area contributed by atoms with Gasteiger partial charge in [-0.25, -0.2) is 4.79 Å². The maximum absolute atomic E-state index is 12.0. The number of hydrogen-bond acceptors (Lipinski definition) is 4. The Morgan fingerprint density at radius 2 is 2.12 bits per heavy atom. The fourth-order valence-corrected chi connectivity index (χ4v) is 5.32. The standard InChI is InChI=1S/C21H26O4/c1-11(2)14-9-17(22)18-13(19(14)24-4)5-6-16-15-10-25-20(23)12(15)7-8-21(16,18)3/h9,11,16,22H,5-8,10H2,1-4H3/t16-,21-/m1/s1. The summed E-state index contributed by atoms with van der Waals surface area (Å²) in [7, 11) is 1.72. The van der Waals surface area contributed by atoms with E-state index in [1.54, 1.807) is 7.11 Å². The number of phenolic OH excluding ortho intramolecular Hbond substituents is 1. The van der Waals surface area contributed by atoms with E-state index < -0.39 is 0 Å². The van der Waals surface area contributed by atoms with E-state index in [1.165, 1.54) is 0 Å². The zero-order valence-electron chi connectivity index (χ0n) is 15.4. The van der Waals surface area contributed by atoms with Crippen LogP contribution in [-0.4, -0.2) is 24.8 Å². The highest BCUT2D eigenvalue weighted by atomic mass is 16.5. The van der Waals surface area contributed by atoms with Crippen LogP contribution in [0, 0.1) is 5.92 Å². The second-order valence-electron chi connectivity index (χ2n) is 8.12. The van der Waals surface area contributed by atoms with Gasteiger partial charge in [-0.15, -0.1) is 0 Å². The highest BCUT2D eigenvalue weighted by Crippen LogP contribution is 2.57. The number of carbonyl (C=O) groups excluding carboxylic acids is 1. The van der Waals surface area contributed by atoms with Gasteiger partial charge in [0.2, 0.25) is 0 Å². The quantitative estimate of drug-likeness (QED) is 0.826. The number of phenols is 1. The van der Waals surface area contributed by atoms with Crippen LogP contribution in [0.1, 0.15) is 62.6 Å². The molecule has 0 amide bonds. The Balaban J connectivity index is 1.90. The third-order valence-electron chi connectivity index (χ3n) is 6.54. The maximum atomic E-state index is 12.0. The topological polar surface area (TPSA) is 55.8 Å². The van der Waals surface area contributed by atoms with Gasteiger partial charge in [-0.1, -0.05) is 20.8 Å². The number of fused-ring (bicyclic) bond motifs is 4. The molecule has 0 saturated carbocycles. The van der Waals surface area contributed by atoms with E-state index in [0.717, 1.165) is 59.3 Å². The van der Waals surface area contributed by atoms with Gasteiger partial charge in [0.1, 0.15) is 18.1 Å². The molecule has 1 heterocycles. The zero-order chi connectivity index (χ0) is 17.9. The first-order valence-electron chi connectivity index (χ1n) is 9.20. The molecular weight excluding hydrogens is 316 g/mol. The van der Waals surface area contributed by atoms with Crippen LogP contribution >= 0.6 is 0 Å². The Bertz CT molecular complexity index is 790. The summed E-state index contributed by atoms with van der Waals surface area (Å²) in [5.41, 5.74) is 5.12. The normalized spacial score (nSPS) is 27.7. The molecule has 0 fully saturated rings. The van der Waals surface area contributed by atoms with Gasteiger partial charge >= 0.3 is 5.97 Å². The molecule has 2 aliphatic carbocycles. The Labute approximate surface area is 148 Å². The van der Waals surface area contributed by atoms with Gasteiger partial charge in [0.25, 0.3) is 0 Å². The summed E-state index contributed by atoms with van der Waals surface area (Å²) in [6, 6.07) is 1.89. The minimum absolute atomic E-state index is 0.139. The van der Waals surface area contributed by atoms with Crippen LogP contribution < -0.4 is 4.74 Å². The number of ether oxygens (including phenoxy) is 2. The SMILES string of the molecule is COc1c(C(C)C)cc(O)c2c1CC[C@@H]1C3=C(CC[C@@]21C)C(=O)OC3. The number of rotatable bonds is 2. The largest absolute Gasteiger partial charge is 0.508 e. The number of benzene rings is 1. The first-order valence-corrected chi connectivity index (χ1v) is 9.20. The van der Waals surface area contributed by atoms with E-state index in [9.17, 15) is 9.90 Å². The van der Waals surface area contributed by atoms with Crippen LogP contribution in [0.2, 0.25) is 0 Å². The summed E-state index contributed by atoms with van der Waals surface area (Å²) in [6.07, 6.45) is 3.42. The molecule has 3 aliphatic rings. The second kappa shape index (κ2) is 5.52. The maximum Gasteiger partial charge on any atom is 0.334 e. The fraction of sp³-hybridized carbons (Fsp3) is 0.571. The van der Waals surface area contributed by atoms with Crippen molar-refractivity contribution in [3.8, 4) is 11.5 Å². The van der Waals surface area contributed by atoms with Crippen LogP contribution in [0.3, 0.4) is 0 Å². The average Bonchev–Trinajstić information content (AvgIpc) is 2.94. The van der Waals surface area contributed by atoms with Crippen molar-refractivity contribution < 1.29 is 19.4 Å². The van der Waals surface area contributed by atoms with Gasteiger partial charge in [0.15, 0.2) is 0 Å². The molecule has 0 aromatic heterocycles. The van der Waals surface area contributed by atoms with E-state index in [2.05, 4.69) is 20.8 Å². The lowest BCUT2D eigenvalue weighted by Gasteiger charge is -2.47. The molecule has 0 radical (unpaired) electrons. The highest BCUT2D eigenvalue weighted by Gasteiger charge is 2.50. The zero-order valence-corrected chi connectivity index (χ0v) is 15.4. The smallest absolute Gasteiger partial charge is 0.334 e. The monoisotopic (exact) mass is 342 g/mol. The molecule has 0 bridgehead atoms. The molecular formula is C21H26O4. The van der Waals surface area contributed by atoms with Crippen molar-refractivity contribution in [3.63, 3.8) is 0 Å². The minimum atomic E-state index is -0.173. The lowest BCUT2D eigenvalue weighted by Crippen LogP contribution is -2.41. The van der Waals surface area contributed by atoms with Crippen molar-refractivity contribution in [3.05, 3.63) is 33.9 Å². The minimum Gasteiger partial charge on any atom is -0.508 e. The molecule has 1 N–H and O–H groups in total. The van der Waals surface area contributed by atoms with Crippen molar-refractivity contribution in [2.45, 2.75) is 57.8 Å². The van der Waals surface area contributed by atoms with Crippen molar-refractivity contribution in [1.82, 2.24) is 0 Å². The lowest BCUT2D eigenvalue weighted by atomic mass is 9.56. The average molecular weight is 342 g/mol. The van der Waals surface area contributed by atoms with Gasteiger partial charge in [-0.05, 0) is 49.2 Å². The summed E-state index contributed by atoms with van der Waals surface area (Å²) < 4.78 is 11.1. The Morgan fingerprint density at radius 1 is 1.36 bits per heavy atom. The van der Waals surface area contributed by atoms with E-state index >= 15 is 0 Å². The molecule has 0 saturated heterocycles. The number of aromatic hydroxyl groups is 1. The second-order valence-corrected chi connectivity index (χ2v) is 8.12. The Morgan fingerprint density at radius 3 is 2.80 bits per heavy atom. The van der Waals surface area contributed by atoms with Gasteiger partial charge < -0.3 is 14.6 Å².